The number of amides is 1. The fraction of sp³-hybridized carbons (Fsp3) is 0.500. The summed E-state index contributed by atoms with van der Waals surface area (Å²) >= 11 is 0. The number of ether oxygens (including phenoxy) is 1. The molecule has 0 bridgehead atoms. The van der Waals surface area contributed by atoms with Gasteiger partial charge in [-0.3, -0.25) is 9.59 Å². The number of nitrogens with one attached hydrogen (secondary N) is 1. The normalized spacial score (nSPS) is 20.3. The Morgan fingerprint density at radius 2 is 2.53 bits per heavy atom. The summed E-state index contributed by atoms with van der Waals surface area (Å²) in [5.74, 6) is -0.316. The van der Waals surface area contributed by atoms with Gasteiger partial charge in [-0.1, -0.05) is 0 Å². The number of hydrogen-bond acceptors (Lipinski definition) is 5. The Kier molecular flexibility index (Phi) is 3.50. The first-order chi connectivity index (χ1) is 8.22. The van der Waals surface area contributed by atoms with Crippen LogP contribution in [0.15, 0.2) is 17.2 Å². The van der Waals surface area contributed by atoms with E-state index in [1.807, 2.05) is 0 Å². The average molecular weight is 239 g/mol. The molecule has 2 heterocycles. The van der Waals surface area contributed by atoms with Gasteiger partial charge in [-0.2, -0.15) is 0 Å². The third kappa shape index (κ3) is 2.51. The molecule has 1 aliphatic rings. The first kappa shape index (κ1) is 11.7. The number of carbonyl (C=O) groups is 1. The molecule has 0 aliphatic carbocycles. The first-order valence-corrected chi connectivity index (χ1v) is 5.26. The highest BCUT2D eigenvalue weighted by atomic mass is 16.5. The van der Waals surface area contributed by atoms with Crippen molar-refractivity contribution >= 4 is 5.91 Å². The van der Waals surface area contributed by atoms with Crippen LogP contribution in [-0.2, 0) is 4.74 Å². The zero-order valence-electron chi connectivity index (χ0n) is 9.13. The Bertz CT molecular complexity index is 439. The van der Waals surface area contributed by atoms with Crippen molar-refractivity contribution in [1.82, 2.24) is 14.9 Å². The number of aliphatic hydroxyl groups is 1. The second-order valence-corrected chi connectivity index (χ2v) is 3.71. The average Bonchev–Trinajstić information content (AvgIpc) is 2.39. The van der Waals surface area contributed by atoms with Crippen molar-refractivity contribution in [3.8, 4) is 0 Å². The van der Waals surface area contributed by atoms with E-state index < -0.39 is 0 Å². The van der Waals surface area contributed by atoms with Crippen molar-refractivity contribution in [3.63, 3.8) is 0 Å². The largest absolute Gasteiger partial charge is 0.394 e. The maximum atomic E-state index is 12.1. The van der Waals surface area contributed by atoms with Gasteiger partial charge in [0.25, 0.3) is 11.5 Å². The zero-order valence-corrected chi connectivity index (χ0v) is 9.13. The van der Waals surface area contributed by atoms with Gasteiger partial charge < -0.3 is 19.7 Å². The Hall–Kier alpha value is -1.73. The van der Waals surface area contributed by atoms with Crippen molar-refractivity contribution in [2.75, 3.05) is 26.4 Å². The third-order valence-electron chi connectivity index (χ3n) is 2.59. The lowest BCUT2D eigenvalue weighted by molar-refractivity contribution is -0.0186. The molecule has 1 aromatic heterocycles. The van der Waals surface area contributed by atoms with Crippen molar-refractivity contribution < 1.29 is 14.6 Å². The van der Waals surface area contributed by atoms with Gasteiger partial charge in [0, 0.05) is 12.7 Å². The standard InChI is InChI=1S/C10H13N3O4/c14-5-7-6-17-2-1-13(7)10(16)8-3-12-9(15)4-11-8/h3-4,7,14H,1-2,5-6H2,(H,12,15). The summed E-state index contributed by atoms with van der Waals surface area (Å²) in [6.45, 7) is 0.997. The van der Waals surface area contributed by atoms with Gasteiger partial charge >= 0.3 is 0 Å². The van der Waals surface area contributed by atoms with Crippen molar-refractivity contribution in [3.05, 3.63) is 28.4 Å². The molecule has 1 fully saturated rings. The second kappa shape index (κ2) is 5.07. The minimum atomic E-state index is -0.359. The second-order valence-electron chi connectivity index (χ2n) is 3.71. The zero-order chi connectivity index (χ0) is 12.3. The molecule has 0 spiro atoms. The van der Waals surface area contributed by atoms with Gasteiger partial charge in [0.2, 0.25) is 0 Å². The van der Waals surface area contributed by atoms with Gasteiger partial charge in [0.15, 0.2) is 0 Å². The van der Waals surface area contributed by atoms with Crippen LogP contribution in [-0.4, -0.2) is 58.3 Å². The Morgan fingerprint density at radius 1 is 1.71 bits per heavy atom. The van der Waals surface area contributed by atoms with Crippen LogP contribution in [0.5, 0.6) is 0 Å². The van der Waals surface area contributed by atoms with Crippen LogP contribution in [0.1, 0.15) is 10.5 Å². The minimum Gasteiger partial charge on any atom is -0.394 e. The molecule has 17 heavy (non-hydrogen) atoms. The van der Waals surface area contributed by atoms with Crippen LogP contribution >= 0.6 is 0 Å². The van der Waals surface area contributed by atoms with Crippen molar-refractivity contribution in [2.45, 2.75) is 6.04 Å². The number of morpholine rings is 1. The maximum absolute atomic E-state index is 12.1. The topological polar surface area (TPSA) is 95.5 Å². The summed E-state index contributed by atoms with van der Waals surface area (Å²) < 4.78 is 5.18. The molecule has 0 radical (unpaired) electrons. The van der Waals surface area contributed by atoms with Gasteiger partial charge in [-0.05, 0) is 0 Å². The molecule has 1 unspecified atom stereocenters. The van der Waals surface area contributed by atoms with Crippen LogP contribution in [0.2, 0.25) is 0 Å². The molecule has 0 aromatic carbocycles. The monoisotopic (exact) mass is 239 g/mol. The number of aromatic amines is 1. The van der Waals surface area contributed by atoms with Gasteiger partial charge in [0.05, 0.1) is 32.1 Å². The Balaban J connectivity index is 2.18. The van der Waals surface area contributed by atoms with E-state index in [9.17, 15) is 9.59 Å². The van der Waals surface area contributed by atoms with E-state index in [-0.39, 0.29) is 29.8 Å². The number of H-pyrrole nitrogens is 1. The van der Waals surface area contributed by atoms with E-state index in [1.165, 1.54) is 11.1 Å². The predicted octanol–water partition coefficient (Wildman–Crippen LogP) is -1.40. The summed E-state index contributed by atoms with van der Waals surface area (Å²) in [6, 6.07) is -0.357. The minimum absolute atomic E-state index is 0.157. The number of aliphatic hydroxyl groups excluding tert-OH is 1. The fourth-order valence-corrected chi connectivity index (χ4v) is 1.68. The molecule has 0 saturated carbocycles. The van der Waals surface area contributed by atoms with E-state index in [0.29, 0.717) is 19.8 Å². The molecular formula is C10H13N3O4. The maximum Gasteiger partial charge on any atom is 0.274 e. The van der Waals surface area contributed by atoms with Crippen LogP contribution in [0.4, 0.5) is 0 Å². The van der Waals surface area contributed by atoms with Crippen molar-refractivity contribution in [2.24, 2.45) is 0 Å². The molecule has 1 atom stereocenters. The van der Waals surface area contributed by atoms with Gasteiger partial charge in [-0.25, -0.2) is 4.98 Å². The predicted molar refractivity (Wildman–Crippen MR) is 57.6 cm³/mol. The molecule has 7 nitrogen and oxygen atoms in total. The lowest BCUT2D eigenvalue weighted by Crippen LogP contribution is -2.50. The number of carbonyl (C=O) groups excluding carboxylic acids is 1. The molecule has 2 N–H and O–H groups in total. The Morgan fingerprint density at radius 3 is 3.18 bits per heavy atom. The molecule has 1 saturated heterocycles. The summed E-state index contributed by atoms with van der Waals surface area (Å²) in [7, 11) is 0. The summed E-state index contributed by atoms with van der Waals surface area (Å²) in [5, 5.41) is 9.15. The van der Waals surface area contributed by atoms with E-state index in [4.69, 9.17) is 9.84 Å². The smallest absolute Gasteiger partial charge is 0.274 e. The first-order valence-electron chi connectivity index (χ1n) is 5.26. The van der Waals surface area contributed by atoms with Crippen LogP contribution < -0.4 is 5.56 Å². The lowest BCUT2D eigenvalue weighted by Gasteiger charge is -2.34. The van der Waals surface area contributed by atoms with E-state index >= 15 is 0 Å². The fourth-order valence-electron chi connectivity index (χ4n) is 1.68. The molecule has 2 rings (SSSR count). The molecule has 7 heteroatoms. The molecule has 92 valence electrons. The van der Waals surface area contributed by atoms with E-state index in [0.717, 1.165) is 6.20 Å². The molecular weight excluding hydrogens is 226 g/mol. The van der Waals surface area contributed by atoms with Crippen molar-refractivity contribution in [1.29, 1.82) is 0 Å². The lowest BCUT2D eigenvalue weighted by atomic mass is 10.2. The highest BCUT2D eigenvalue weighted by Crippen LogP contribution is 2.09. The summed E-state index contributed by atoms with van der Waals surface area (Å²) in [6.07, 6.45) is 2.33. The highest BCUT2D eigenvalue weighted by molar-refractivity contribution is 5.92. The number of hydrogen-bond donors (Lipinski definition) is 2. The third-order valence-corrected chi connectivity index (χ3v) is 2.59. The van der Waals surface area contributed by atoms with E-state index in [1.54, 1.807) is 0 Å². The molecule has 1 aromatic rings. The summed E-state index contributed by atoms with van der Waals surface area (Å²) in [5.41, 5.74) is -0.202. The van der Waals surface area contributed by atoms with Crippen LogP contribution in [0.3, 0.4) is 0 Å². The molecule has 1 amide bonds. The highest BCUT2D eigenvalue weighted by Gasteiger charge is 2.28. The van der Waals surface area contributed by atoms with E-state index in [2.05, 4.69) is 9.97 Å². The molecule has 1 aliphatic heterocycles. The number of rotatable bonds is 2. The number of aromatic nitrogens is 2. The summed E-state index contributed by atoms with van der Waals surface area (Å²) in [4.78, 5) is 30.6. The quantitative estimate of drug-likeness (QED) is 0.662. The van der Waals surface area contributed by atoms with Crippen LogP contribution in [0, 0.1) is 0 Å². The Labute approximate surface area is 97.0 Å². The SMILES string of the molecule is O=C(c1c[nH]c(=O)cn1)N1CCOCC1CO. The van der Waals surface area contributed by atoms with Gasteiger partial charge in [0.1, 0.15) is 5.69 Å². The number of nitrogens with zero attached hydrogens (tertiary/aromatic N) is 2. The van der Waals surface area contributed by atoms with Crippen LogP contribution in [0.25, 0.3) is 0 Å². The van der Waals surface area contributed by atoms with Gasteiger partial charge in [-0.15, -0.1) is 0 Å².